The molecule has 0 unspecified atom stereocenters. The zero-order valence-electron chi connectivity index (χ0n) is 9.05. The van der Waals surface area contributed by atoms with Crippen molar-refractivity contribution in [3.8, 4) is 0 Å². The van der Waals surface area contributed by atoms with Crippen molar-refractivity contribution in [1.29, 1.82) is 0 Å². The number of hydrogen-bond donors (Lipinski definition) is 1. The number of fused-ring (bicyclic) bond motifs is 1. The minimum absolute atomic E-state index is 0.357. The molecule has 0 saturated heterocycles. The molecule has 1 aromatic heterocycles. The summed E-state index contributed by atoms with van der Waals surface area (Å²) in [4.78, 5) is 4.37. The van der Waals surface area contributed by atoms with Crippen molar-refractivity contribution >= 4 is 12.2 Å². The van der Waals surface area contributed by atoms with Crippen molar-refractivity contribution in [2.24, 2.45) is 0 Å². The van der Waals surface area contributed by atoms with Crippen LogP contribution in [0.5, 0.6) is 0 Å². The molecule has 1 aliphatic heterocycles. The molecule has 2 aromatic rings. The van der Waals surface area contributed by atoms with Crippen LogP contribution in [0.1, 0.15) is 36.7 Å². The number of H-pyrrole nitrogens is 1. The van der Waals surface area contributed by atoms with Gasteiger partial charge in [0.25, 0.3) is 0 Å². The summed E-state index contributed by atoms with van der Waals surface area (Å²) in [6.45, 7) is 2.20. The molecule has 0 aliphatic carbocycles. The molecule has 0 bridgehead atoms. The van der Waals surface area contributed by atoms with Gasteiger partial charge in [-0.25, -0.2) is 4.98 Å². The van der Waals surface area contributed by atoms with Gasteiger partial charge in [-0.3, -0.25) is 9.78 Å². The van der Waals surface area contributed by atoms with Gasteiger partial charge in [-0.05, 0) is 24.2 Å². The Hall–Kier alpha value is -1.42. The van der Waals surface area contributed by atoms with E-state index >= 15 is 0 Å². The van der Waals surface area contributed by atoms with E-state index in [0.29, 0.717) is 16.7 Å². The number of benzene rings is 1. The maximum atomic E-state index is 5.09. The number of aromatic nitrogens is 3. The van der Waals surface area contributed by atoms with E-state index in [1.807, 2.05) is 6.07 Å². The van der Waals surface area contributed by atoms with Crippen LogP contribution in [0.15, 0.2) is 30.3 Å². The van der Waals surface area contributed by atoms with E-state index in [1.165, 1.54) is 5.56 Å². The van der Waals surface area contributed by atoms with E-state index in [-0.39, 0.29) is 0 Å². The Morgan fingerprint density at radius 1 is 1.38 bits per heavy atom. The van der Waals surface area contributed by atoms with Crippen molar-refractivity contribution in [2.45, 2.75) is 25.3 Å². The molecule has 0 fully saturated rings. The highest BCUT2D eigenvalue weighted by atomic mass is 32.1. The Balaban J connectivity index is 2.10. The lowest BCUT2D eigenvalue weighted by Gasteiger charge is -2.12. The largest absolute Gasteiger partial charge is 0.271 e. The van der Waals surface area contributed by atoms with E-state index in [1.54, 1.807) is 0 Å². The van der Waals surface area contributed by atoms with E-state index in [4.69, 9.17) is 12.2 Å². The minimum atomic E-state index is 0.357. The Morgan fingerprint density at radius 2 is 2.12 bits per heavy atom. The first-order valence-electron chi connectivity index (χ1n) is 5.49. The summed E-state index contributed by atoms with van der Waals surface area (Å²) in [5.41, 5.74) is 1.32. The quantitative estimate of drug-likeness (QED) is 0.765. The lowest BCUT2D eigenvalue weighted by molar-refractivity contribution is 0.542. The molecule has 2 heterocycles. The van der Waals surface area contributed by atoms with Crippen molar-refractivity contribution in [1.82, 2.24) is 14.8 Å². The van der Waals surface area contributed by atoms with Gasteiger partial charge in [0.1, 0.15) is 5.82 Å². The highest BCUT2D eigenvalue weighted by molar-refractivity contribution is 7.71. The average Bonchev–Trinajstić information content (AvgIpc) is 2.80. The molecule has 0 radical (unpaired) electrons. The summed E-state index contributed by atoms with van der Waals surface area (Å²) in [6, 6.07) is 10.9. The van der Waals surface area contributed by atoms with E-state index in [2.05, 4.69) is 46.0 Å². The first-order valence-corrected chi connectivity index (χ1v) is 5.90. The van der Waals surface area contributed by atoms with Crippen molar-refractivity contribution in [3.05, 3.63) is 46.5 Å². The summed E-state index contributed by atoms with van der Waals surface area (Å²) in [6.07, 6.45) is 1.10. The monoisotopic (exact) mass is 231 g/mol. The Bertz CT molecular complexity index is 555. The smallest absolute Gasteiger partial charge is 0.213 e. The molecule has 1 aliphatic rings. The van der Waals surface area contributed by atoms with Crippen LogP contribution >= 0.6 is 12.2 Å². The highest BCUT2D eigenvalue weighted by Crippen LogP contribution is 2.37. The fraction of sp³-hybridized carbons (Fsp3) is 0.333. The molecule has 3 rings (SSSR count). The Kier molecular flexibility index (Phi) is 2.17. The van der Waals surface area contributed by atoms with Gasteiger partial charge < -0.3 is 0 Å². The number of nitrogens with one attached hydrogen (secondary N) is 1. The van der Waals surface area contributed by atoms with Gasteiger partial charge in [-0.15, -0.1) is 0 Å². The first kappa shape index (κ1) is 9.78. The molecule has 1 N–H and O–H groups in total. The van der Waals surface area contributed by atoms with Crippen molar-refractivity contribution in [2.75, 3.05) is 0 Å². The molecule has 82 valence electrons. The lowest BCUT2D eigenvalue weighted by Crippen LogP contribution is -2.06. The van der Waals surface area contributed by atoms with Crippen LogP contribution in [0.25, 0.3) is 0 Å². The van der Waals surface area contributed by atoms with Gasteiger partial charge in [0, 0.05) is 5.92 Å². The fourth-order valence-corrected chi connectivity index (χ4v) is 2.63. The van der Waals surface area contributed by atoms with Crippen LogP contribution in [0.4, 0.5) is 0 Å². The van der Waals surface area contributed by atoms with Gasteiger partial charge in [-0.1, -0.05) is 37.3 Å². The second kappa shape index (κ2) is 3.56. The standard InChI is InChI=1S/C12H13N3S/c1-8-7-10(9-5-3-2-4-6-9)15-11(8)13-12(16)14-15/h2-6,8,10H,7H2,1H3,(H,14,16)/t8-,10-/m0/s1. The summed E-state index contributed by atoms with van der Waals surface area (Å²) in [5, 5.41) is 3.16. The van der Waals surface area contributed by atoms with Gasteiger partial charge >= 0.3 is 0 Å². The maximum absolute atomic E-state index is 5.09. The molecular formula is C12H13N3S. The number of hydrogen-bond acceptors (Lipinski definition) is 2. The van der Waals surface area contributed by atoms with Crippen LogP contribution in [-0.2, 0) is 0 Å². The van der Waals surface area contributed by atoms with Gasteiger partial charge in [0.2, 0.25) is 4.77 Å². The Labute approximate surface area is 99.1 Å². The molecule has 4 heteroatoms. The predicted octanol–water partition coefficient (Wildman–Crippen LogP) is 3.04. The second-order valence-electron chi connectivity index (χ2n) is 4.32. The van der Waals surface area contributed by atoms with Gasteiger partial charge in [0.15, 0.2) is 0 Å². The predicted molar refractivity (Wildman–Crippen MR) is 65.0 cm³/mol. The molecule has 2 atom stereocenters. The summed E-state index contributed by atoms with van der Waals surface area (Å²) < 4.78 is 2.70. The zero-order chi connectivity index (χ0) is 11.1. The SMILES string of the molecule is C[C@H]1C[C@@H](c2ccccc2)n2[nH]c(=S)nc21. The molecule has 16 heavy (non-hydrogen) atoms. The van der Waals surface area contributed by atoms with Crippen molar-refractivity contribution in [3.63, 3.8) is 0 Å². The normalized spacial score (nSPS) is 23.3. The summed E-state index contributed by atoms with van der Waals surface area (Å²) in [7, 11) is 0. The van der Waals surface area contributed by atoms with Crippen LogP contribution in [0, 0.1) is 4.77 Å². The van der Waals surface area contributed by atoms with E-state index in [0.717, 1.165) is 12.2 Å². The zero-order valence-corrected chi connectivity index (χ0v) is 9.87. The number of nitrogens with zero attached hydrogens (tertiary/aromatic N) is 2. The van der Waals surface area contributed by atoms with Crippen LogP contribution < -0.4 is 0 Å². The molecular weight excluding hydrogens is 218 g/mol. The van der Waals surface area contributed by atoms with E-state index < -0.39 is 0 Å². The Morgan fingerprint density at radius 3 is 2.88 bits per heavy atom. The number of rotatable bonds is 1. The molecule has 0 saturated carbocycles. The second-order valence-corrected chi connectivity index (χ2v) is 4.71. The third kappa shape index (κ3) is 1.41. The third-order valence-electron chi connectivity index (χ3n) is 3.19. The van der Waals surface area contributed by atoms with Crippen molar-refractivity contribution < 1.29 is 0 Å². The first-order chi connectivity index (χ1) is 7.75. The van der Waals surface area contributed by atoms with E-state index in [9.17, 15) is 0 Å². The third-order valence-corrected chi connectivity index (χ3v) is 3.38. The average molecular weight is 231 g/mol. The molecule has 0 amide bonds. The topological polar surface area (TPSA) is 33.6 Å². The van der Waals surface area contributed by atoms with Gasteiger partial charge in [0.05, 0.1) is 6.04 Å². The minimum Gasteiger partial charge on any atom is -0.271 e. The lowest BCUT2D eigenvalue weighted by atomic mass is 10.0. The van der Waals surface area contributed by atoms with Crippen LogP contribution in [0.3, 0.4) is 0 Å². The molecule has 1 aromatic carbocycles. The summed E-state index contributed by atoms with van der Waals surface area (Å²) in [5.74, 6) is 1.55. The summed E-state index contributed by atoms with van der Waals surface area (Å²) >= 11 is 5.09. The van der Waals surface area contributed by atoms with Crippen LogP contribution in [-0.4, -0.2) is 14.8 Å². The highest BCUT2D eigenvalue weighted by Gasteiger charge is 2.30. The number of aromatic amines is 1. The maximum Gasteiger partial charge on any atom is 0.213 e. The van der Waals surface area contributed by atoms with Crippen LogP contribution in [0.2, 0.25) is 0 Å². The molecule has 3 nitrogen and oxygen atoms in total. The fourth-order valence-electron chi connectivity index (χ4n) is 2.43. The molecule has 0 spiro atoms. The van der Waals surface area contributed by atoms with Gasteiger partial charge in [-0.2, -0.15) is 0 Å².